The van der Waals surface area contributed by atoms with Crippen molar-refractivity contribution in [1.82, 2.24) is 30.1 Å². The zero-order valence-electron chi connectivity index (χ0n) is 12.9. The molecule has 0 bridgehead atoms. The molecule has 3 rings (SSSR count). The molecule has 0 saturated carbocycles. The molecule has 1 saturated heterocycles. The topological polar surface area (TPSA) is 117 Å². The summed E-state index contributed by atoms with van der Waals surface area (Å²) in [5.74, 6) is -1.32. The second-order valence-electron chi connectivity index (χ2n) is 5.87. The van der Waals surface area contributed by atoms with Crippen molar-refractivity contribution in [2.45, 2.75) is 19.3 Å². The van der Waals surface area contributed by atoms with Crippen molar-refractivity contribution in [1.29, 1.82) is 0 Å². The SMILES string of the molecule is Cc1nn(C)cc1C(=O)N1C[C@H](CC(=O)O)[C@H](c2cn[nH]n2)C1. The summed E-state index contributed by atoms with van der Waals surface area (Å²) >= 11 is 0. The fourth-order valence-electron chi connectivity index (χ4n) is 3.17. The number of aromatic amines is 1. The van der Waals surface area contributed by atoms with Gasteiger partial charge in [0.2, 0.25) is 0 Å². The van der Waals surface area contributed by atoms with Gasteiger partial charge < -0.3 is 10.0 Å². The molecule has 0 spiro atoms. The molecule has 1 aliphatic rings. The summed E-state index contributed by atoms with van der Waals surface area (Å²) in [5, 5.41) is 23.7. The van der Waals surface area contributed by atoms with Crippen molar-refractivity contribution in [3.05, 3.63) is 29.3 Å². The maximum Gasteiger partial charge on any atom is 0.303 e. The zero-order valence-corrected chi connectivity index (χ0v) is 12.9. The van der Waals surface area contributed by atoms with E-state index in [1.165, 1.54) is 0 Å². The molecule has 2 aromatic heterocycles. The van der Waals surface area contributed by atoms with Crippen LogP contribution in [-0.4, -0.2) is 60.2 Å². The van der Waals surface area contributed by atoms with Crippen LogP contribution < -0.4 is 0 Å². The molecule has 2 atom stereocenters. The van der Waals surface area contributed by atoms with Gasteiger partial charge in [-0.2, -0.15) is 20.5 Å². The summed E-state index contributed by atoms with van der Waals surface area (Å²) in [5.41, 5.74) is 1.90. The van der Waals surface area contributed by atoms with Crippen molar-refractivity contribution in [3.63, 3.8) is 0 Å². The number of amides is 1. The quantitative estimate of drug-likeness (QED) is 0.830. The van der Waals surface area contributed by atoms with Crippen LogP contribution in [0.3, 0.4) is 0 Å². The standard InChI is InChI=1S/C14H18N6O3/c1-8-10(6-19(2)17-8)14(23)20-5-9(3-13(21)22)11(7-20)12-4-15-18-16-12/h4,6,9,11H,3,5,7H2,1-2H3,(H,21,22)(H,15,16,18)/t9-,11+/m0/s1. The monoisotopic (exact) mass is 318 g/mol. The molecule has 3 heterocycles. The molecule has 1 fully saturated rings. The molecule has 23 heavy (non-hydrogen) atoms. The molecule has 2 N–H and O–H groups in total. The summed E-state index contributed by atoms with van der Waals surface area (Å²) in [4.78, 5) is 25.5. The third-order valence-electron chi connectivity index (χ3n) is 4.22. The smallest absolute Gasteiger partial charge is 0.303 e. The van der Waals surface area contributed by atoms with Gasteiger partial charge in [-0.1, -0.05) is 0 Å². The highest BCUT2D eigenvalue weighted by Crippen LogP contribution is 2.34. The highest BCUT2D eigenvalue weighted by molar-refractivity contribution is 5.95. The summed E-state index contributed by atoms with van der Waals surface area (Å²) in [6.07, 6.45) is 3.27. The van der Waals surface area contributed by atoms with E-state index in [1.54, 1.807) is 35.9 Å². The van der Waals surface area contributed by atoms with E-state index in [0.29, 0.717) is 30.0 Å². The molecule has 9 nitrogen and oxygen atoms in total. The first-order valence-corrected chi connectivity index (χ1v) is 7.32. The Labute approximate surface area is 132 Å². The number of carbonyl (C=O) groups excluding carboxylic acids is 1. The van der Waals surface area contributed by atoms with Gasteiger partial charge in [-0.3, -0.25) is 14.3 Å². The van der Waals surface area contributed by atoms with E-state index in [1.807, 2.05) is 0 Å². The first-order chi connectivity index (χ1) is 11.0. The largest absolute Gasteiger partial charge is 0.481 e. The average Bonchev–Trinajstić information content (AvgIpc) is 3.17. The summed E-state index contributed by atoms with van der Waals surface area (Å²) in [6.45, 7) is 2.60. The Morgan fingerprint density at radius 1 is 1.43 bits per heavy atom. The number of aryl methyl sites for hydroxylation is 2. The number of nitrogens with zero attached hydrogens (tertiary/aromatic N) is 5. The van der Waals surface area contributed by atoms with Crippen LogP contribution >= 0.6 is 0 Å². The lowest BCUT2D eigenvalue weighted by atomic mass is 9.91. The third-order valence-corrected chi connectivity index (χ3v) is 4.22. The van der Waals surface area contributed by atoms with Crippen molar-refractivity contribution in [2.75, 3.05) is 13.1 Å². The van der Waals surface area contributed by atoms with E-state index in [9.17, 15) is 9.59 Å². The lowest BCUT2D eigenvalue weighted by molar-refractivity contribution is -0.138. The number of rotatable bonds is 4. The van der Waals surface area contributed by atoms with E-state index >= 15 is 0 Å². The molecule has 1 aliphatic heterocycles. The Kier molecular flexibility index (Phi) is 3.85. The van der Waals surface area contributed by atoms with Gasteiger partial charge >= 0.3 is 5.97 Å². The highest BCUT2D eigenvalue weighted by Gasteiger charge is 2.39. The highest BCUT2D eigenvalue weighted by atomic mass is 16.4. The Hall–Kier alpha value is -2.71. The van der Waals surface area contributed by atoms with Gasteiger partial charge in [0.05, 0.1) is 29.6 Å². The van der Waals surface area contributed by atoms with E-state index < -0.39 is 5.97 Å². The normalized spacial score (nSPS) is 20.9. The van der Waals surface area contributed by atoms with Gasteiger partial charge in [-0.25, -0.2) is 0 Å². The molecule has 122 valence electrons. The predicted molar refractivity (Wildman–Crippen MR) is 78.7 cm³/mol. The average molecular weight is 318 g/mol. The van der Waals surface area contributed by atoms with Crippen molar-refractivity contribution in [3.8, 4) is 0 Å². The molecule has 0 aromatic carbocycles. The van der Waals surface area contributed by atoms with E-state index in [2.05, 4.69) is 20.5 Å². The van der Waals surface area contributed by atoms with Crippen molar-refractivity contribution < 1.29 is 14.7 Å². The summed E-state index contributed by atoms with van der Waals surface area (Å²) in [7, 11) is 1.76. The van der Waals surface area contributed by atoms with Gasteiger partial charge in [0, 0.05) is 32.3 Å². The Balaban J connectivity index is 1.83. The fraction of sp³-hybridized carbons (Fsp3) is 0.500. The lowest BCUT2D eigenvalue weighted by Gasteiger charge is -2.15. The predicted octanol–water partition coefficient (Wildman–Crippen LogP) is 0.177. The van der Waals surface area contributed by atoms with E-state index in [-0.39, 0.29) is 24.2 Å². The lowest BCUT2D eigenvalue weighted by Crippen LogP contribution is -2.29. The summed E-state index contributed by atoms with van der Waals surface area (Å²) in [6, 6.07) is 0. The van der Waals surface area contributed by atoms with Crippen LogP contribution in [0.15, 0.2) is 12.4 Å². The van der Waals surface area contributed by atoms with Gasteiger partial charge in [0.15, 0.2) is 0 Å². The maximum atomic E-state index is 12.7. The first kappa shape index (κ1) is 15.2. The number of carboxylic acids is 1. The molecule has 0 unspecified atom stereocenters. The zero-order chi connectivity index (χ0) is 16.6. The van der Waals surface area contributed by atoms with Crippen LogP contribution in [0, 0.1) is 12.8 Å². The number of carbonyl (C=O) groups is 2. The van der Waals surface area contributed by atoms with Gasteiger partial charge in [-0.05, 0) is 12.8 Å². The molecule has 0 aliphatic carbocycles. The Morgan fingerprint density at radius 2 is 2.22 bits per heavy atom. The molecule has 2 aromatic rings. The number of nitrogens with one attached hydrogen (secondary N) is 1. The molecule has 9 heteroatoms. The van der Waals surface area contributed by atoms with Crippen LogP contribution in [0.5, 0.6) is 0 Å². The minimum Gasteiger partial charge on any atom is -0.481 e. The molecular formula is C14H18N6O3. The molecule has 1 amide bonds. The van der Waals surface area contributed by atoms with Gasteiger partial charge in [0.25, 0.3) is 5.91 Å². The summed E-state index contributed by atoms with van der Waals surface area (Å²) < 4.78 is 1.60. The van der Waals surface area contributed by atoms with Gasteiger partial charge in [0.1, 0.15) is 0 Å². The van der Waals surface area contributed by atoms with Crippen LogP contribution in [0.25, 0.3) is 0 Å². The van der Waals surface area contributed by atoms with Crippen molar-refractivity contribution >= 4 is 11.9 Å². The number of H-pyrrole nitrogens is 1. The van der Waals surface area contributed by atoms with Crippen LogP contribution in [0.4, 0.5) is 0 Å². The van der Waals surface area contributed by atoms with Gasteiger partial charge in [-0.15, -0.1) is 0 Å². The minimum absolute atomic E-state index is 0.00662. The maximum absolute atomic E-state index is 12.7. The number of likely N-dealkylation sites (tertiary alicyclic amines) is 1. The number of aromatic nitrogens is 5. The van der Waals surface area contributed by atoms with Crippen LogP contribution in [0.1, 0.15) is 34.1 Å². The number of carboxylic acid groups (broad SMARTS) is 1. The Morgan fingerprint density at radius 3 is 2.78 bits per heavy atom. The molecule has 0 radical (unpaired) electrons. The minimum atomic E-state index is -0.879. The fourth-order valence-corrected chi connectivity index (χ4v) is 3.17. The number of aliphatic carboxylic acids is 1. The van der Waals surface area contributed by atoms with Crippen LogP contribution in [0.2, 0.25) is 0 Å². The van der Waals surface area contributed by atoms with E-state index in [0.717, 1.165) is 0 Å². The van der Waals surface area contributed by atoms with Crippen LogP contribution in [-0.2, 0) is 11.8 Å². The molecular weight excluding hydrogens is 300 g/mol. The third kappa shape index (κ3) is 2.94. The second-order valence-corrected chi connectivity index (χ2v) is 5.87. The van der Waals surface area contributed by atoms with Crippen molar-refractivity contribution in [2.24, 2.45) is 13.0 Å². The van der Waals surface area contributed by atoms with E-state index in [4.69, 9.17) is 5.11 Å². The Bertz CT molecular complexity index is 723. The second kappa shape index (κ2) is 5.82. The number of hydrogen-bond acceptors (Lipinski definition) is 5. The number of hydrogen-bond donors (Lipinski definition) is 2. The first-order valence-electron chi connectivity index (χ1n) is 7.32.